The van der Waals surface area contributed by atoms with E-state index in [9.17, 15) is 0 Å². The van der Waals surface area contributed by atoms with E-state index < -0.39 is 0 Å². The Bertz CT molecular complexity index is 336. The Morgan fingerprint density at radius 1 is 1.47 bits per heavy atom. The van der Waals surface area contributed by atoms with Crippen molar-refractivity contribution >= 4 is 17.3 Å². The van der Waals surface area contributed by atoms with Crippen molar-refractivity contribution in [2.45, 2.75) is 19.3 Å². The largest absolute Gasteiger partial charge is 0.495 e. The van der Waals surface area contributed by atoms with Crippen LogP contribution in [0.5, 0.6) is 5.75 Å². The summed E-state index contributed by atoms with van der Waals surface area (Å²) in [5, 5.41) is 4.03. The summed E-state index contributed by atoms with van der Waals surface area (Å²) >= 11 is 6.02. The van der Waals surface area contributed by atoms with Gasteiger partial charge < -0.3 is 10.1 Å². The molecule has 0 saturated heterocycles. The normalized spacial score (nSPS) is 15.1. The minimum absolute atomic E-state index is 0.661. The maximum atomic E-state index is 6.02. The molecule has 2 nitrogen and oxygen atoms in total. The first kappa shape index (κ1) is 10.6. The second-order valence-electron chi connectivity index (χ2n) is 4.01. The zero-order valence-corrected chi connectivity index (χ0v) is 9.68. The van der Waals surface area contributed by atoms with Crippen molar-refractivity contribution in [3.63, 3.8) is 0 Å². The molecule has 0 spiro atoms. The molecule has 0 unspecified atom stereocenters. The molecule has 1 N–H and O–H groups in total. The van der Waals surface area contributed by atoms with Crippen LogP contribution in [0.1, 0.15) is 19.3 Å². The maximum Gasteiger partial charge on any atom is 0.137 e. The maximum absolute atomic E-state index is 6.02. The van der Waals surface area contributed by atoms with Crippen molar-refractivity contribution in [1.82, 2.24) is 0 Å². The summed E-state index contributed by atoms with van der Waals surface area (Å²) in [6, 6.07) is 5.80. The Morgan fingerprint density at radius 2 is 2.27 bits per heavy atom. The van der Waals surface area contributed by atoms with Crippen LogP contribution in [0.3, 0.4) is 0 Å². The molecule has 0 aliphatic heterocycles. The van der Waals surface area contributed by atoms with E-state index in [1.807, 2.05) is 18.2 Å². The molecule has 1 fully saturated rings. The van der Waals surface area contributed by atoms with Crippen LogP contribution in [-0.4, -0.2) is 13.7 Å². The number of anilines is 1. The number of hydrogen-bond donors (Lipinski definition) is 1. The monoisotopic (exact) mass is 225 g/mol. The fourth-order valence-electron chi connectivity index (χ4n) is 1.60. The van der Waals surface area contributed by atoms with Gasteiger partial charge in [-0.05, 0) is 30.5 Å². The first-order valence-corrected chi connectivity index (χ1v) is 5.75. The molecule has 0 amide bonds. The summed E-state index contributed by atoms with van der Waals surface area (Å²) in [6.45, 7) is 1.04. The van der Waals surface area contributed by atoms with E-state index in [0.29, 0.717) is 5.02 Å². The van der Waals surface area contributed by atoms with Crippen molar-refractivity contribution in [1.29, 1.82) is 0 Å². The van der Waals surface area contributed by atoms with Crippen molar-refractivity contribution < 1.29 is 4.74 Å². The molecule has 1 aromatic carbocycles. The number of nitrogens with one attached hydrogen (secondary N) is 1. The summed E-state index contributed by atoms with van der Waals surface area (Å²) in [4.78, 5) is 0. The Labute approximate surface area is 95.6 Å². The highest BCUT2D eigenvalue weighted by atomic mass is 35.5. The molecule has 3 heteroatoms. The van der Waals surface area contributed by atoms with Crippen LogP contribution < -0.4 is 10.1 Å². The third-order valence-corrected chi connectivity index (χ3v) is 3.03. The number of benzene rings is 1. The van der Waals surface area contributed by atoms with E-state index in [0.717, 1.165) is 23.9 Å². The number of hydrogen-bond acceptors (Lipinski definition) is 2. The number of methoxy groups -OCH3 is 1. The van der Waals surface area contributed by atoms with E-state index in [1.54, 1.807) is 7.11 Å². The van der Waals surface area contributed by atoms with Gasteiger partial charge in [-0.2, -0.15) is 0 Å². The Kier molecular flexibility index (Phi) is 3.37. The van der Waals surface area contributed by atoms with Crippen molar-refractivity contribution in [3.8, 4) is 5.75 Å². The van der Waals surface area contributed by atoms with Crippen LogP contribution in [0, 0.1) is 5.92 Å². The zero-order chi connectivity index (χ0) is 10.7. The summed E-state index contributed by atoms with van der Waals surface area (Å²) < 4.78 is 5.09. The lowest BCUT2D eigenvalue weighted by atomic mass is 10.2. The summed E-state index contributed by atoms with van der Waals surface area (Å²) in [7, 11) is 1.63. The van der Waals surface area contributed by atoms with Gasteiger partial charge in [0.15, 0.2) is 0 Å². The van der Waals surface area contributed by atoms with Gasteiger partial charge in [0.2, 0.25) is 0 Å². The van der Waals surface area contributed by atoms with Crippen LogP contribution in [0.4, 0.5) is 5.69 Å². The fourth-order valence-corrected chi connectivity index (χ4v) is 1.86. The lowest BCUT2D eigenvalue weighted by molar-refractivity contribution is 0.415. The van der Waals surface area contributed by atoms with Crippen LogP contribution in [0.25, 0.3) is 0 Å². The molecular formula is C12H16ClNO. The van der Waals surface area contributed by atoms with E-state index in [2.05, 4.69) is 5.32 Å². The molecule has 1 aromatic rings. The van der Waals surface area contributed by atoms with Crippen LogP contribution in [-0.2, 0) is 0 Å². The zero-order valence-electron chi connectivity index (χ0n) is 8.92. The molecule has 1 aliphatic carbocycles. The molecule has 1 aliphatic rings. The first-order chi connectivity index (χ1) is 7.29. The smallest absolute Gasteiger partial charge is 0.137 e. The van der Waals surface area contributed by atoms with Crippen LogP contribution in [0.2, 0.25) is 5.02 Å². The Balaban J connectivity index is 1.87. The first-order valence-electron chi connectivity index (χ1n) is 5.37. The second-order valence-corrected chi connectivity index (χ2v) is 4.42. The highest BCUT2D eigenvalue weighted by molar-refractivity contribution is 6.32. The molecule has 1 saturated carbocycles. The van der Waals surface area contributed by atoms with E-state index in [1.165, 1.54) is 19.3 Å². The number of halogens is 1. The highest BCUT2D eigenvalue weighted by Crippen LogP contribution is 2.32. The van der Waals surface area contributed by atoms with Gasteiger partial charge in [-0.25, -0.2) is 0 Å². The van der Waals surface area contributed by atoms with Gasteiger partial charge in [-0.3, -0.25) is 0 Å². The quantitative estimate of drug-likeness (QED) is 0.828. The topological polar surface area (TPSA) is 21.3 Å². The van der Waals surface area contributed by atoms with Crippen molar-refractivity contribution in [2.75, 3.05) is 19.0 Å². The highest BCUT2D eigenvalue weighted by Gasteiger charge is 2.20. The summed E-state index contributed by atoms with van der Waals surface area (Å²) in [6.07, 6.45) is 4.08. The van der Waals surface area contributed by atoms with E-state index >= 15 is 0 Å². The molecule has 0 aromatic heterocycles. The number of ether oxygens (including phenoxy) is 1. The van der Waals surface area contributed by atoms with Crippen LogP contribution >= 0.6 is 11.6 Å². The molecule has 0 radical (unpaired) electrons. The summed E-state index contributed by atoms with van der Waals surface area (Å²) in [5.74, 6) is 1.69. The lowest BCUT2D eigenvalue weighted by Crippen LogP contribution is -2.02. The minimum Gasteiger partial charge on any atom is -0.495 e. The molecule has 82 valence electrons. The summed E-state index contributed by atoms with van der Waals surface area (Å²) in [5.41, 5.74) is 1.07. The molecule has 0 atom stereocenters. The average Bonchev–Trinajstić information content (AvgIpc) is 3.02. The molecular weight excluding hydrogens is 210 g/mol. The average molecular weight is 226 g/mol. The second kappa shape index (κ2) is 4.75. The van der Waals surface area contributed by atoms with Gasteiger partial charge in [0, 0.05) is 12.2 Å². The Morgan fingerprint density at radius 3 is 2.87 bits per heavy atom. The molecule has 0 bridgehead atoms. The van der Waals surface area contributed by atoms with Gasteiger partial charge >= 0.3 is 0 Å². The molecule has 15 heavy (non-hydrogen) atoms. The van der Waals surface area contributed by atoms with Crippen molar-refractivity contribution in [3.05, 3.63) is 23.2 Å². The number of rotatable bonds is 5. The SMILES string of the molecule is COc1ccc(NCCC2CC2)cc1Cl. The predicted molar refractivity (Wildman–Crippen MR) is 63.8 cm³/mol. The Hall–Kier alpha value is -0.890. The third-order valence-electron chi connectivity index (χ3n) is 2.73. The minimum atomic E-state index is 0.661. The fraction of sp³-hybridized carbons (Fsp3) is 0.500. The van der Waals surface area contributed by atoms with Crippen LogP contribution in [0.15, 0.2) is 18.2 Å². The predicted octanol–water partition coefficient (Wildman–Crippen LogP) is 3.56. The lowest BCUT2D eigenvalue weighted by Gasteiger charge is -2.08. The van der Waals surface area contributed by atoms with Gasteiger partial charge in [0.05, 0.1) is 12.1 Å². The van der Waals surface area contributed by atoms with E-state index in [4.69, 9.17) is 16.3 Å². The third kappa shape index (κ3) is 3.03. The molecule has 0 heterocycles. The van der Waals surface area contributed by atoms with Crippen molar-refractivity contribution in [2.24, 2.45) is 5.92 Å². The van der Waals surface area contributed by atoms with Gasteiger partial charge in [0.25, 0.3) is 0 Å². The van der Waals surface area contributed by atoms with E-state index in [-0.39, 0.29) is 0 Å². The standard InChI is InChI=1S/C12H16ClNO/c1-15-12-5-4-10(8-11(12)13)14-7-6-9-2-3-9/h4-5,8-9,14H,2-3,6-7H2,1H3. The van der Waals surface area contributed by atoms with Gasteiger partial charge in [0.1, 0.15) is 5.75 Å². The van der Waals surface area contributed by atoms with Gasteiger partial charge in [-0.15, -0.1) is 0 Å². The van der Waals surface area contributed by atoms with Gasteiger partial charge in [-0.1, -0.05) is 24.4 Å². The molecule has 2 rings (SSSR count).